The van der Waals surface area contributed by atoms with Crippen molar-refractivity contribution in [1.82, 2.24) is 9.97 Å². The molecule has 2 aromatic rings. The van der Waals surface area contributed by atoms with Crippen LogP contribution in [0.2, 0.25) is 0 Å². The zero-order valence-electron chi connectivity index (χ0n) is 8.48. The largest absolute Gasteiger partial charge is 0.384 e. The average molecular weight is 296 g/mol. The maximum Gasteiger partial charge on any atom is 0.173 e. The van der Waals surface area contributed by atoms with Gasteiger partial charge in [0.2, 0.25) is 0 Å². The lowest BCUT2D eigenvalue weighted by Crippen LogP contribution is -1.98. The van der Waals surface area contributed by atoms with E-state index >= 15 is 0 Å². The Bertz CT molecular complexity index is 534. The second-order valence-corrected chi connectivity index (χ2v) is 5.68. The van der Waals surface area contributed by atoms with E-state index in [0.29, 0.717) is 11.7 Å². The molecule has 1 fully saturated rings. The van der Waals surface area contributed by atoms with Crippen molar-refractivity contribution < 1.29 is 0 Å². The Morgan fingerprint density at radius 3 is 2.81 bits per heavy atom. The molecule has 0 aliphatic heterocycles. The van der Waals surface area contributed by atoms with E-state index in [1.54, 1.807) is 11.3 Å². The number of nitrogens with zero attached hydrogens (tertiary/aromatic N) is 2. The molecule has 3 rings (SSSR count). The summed E-state index contributed by atoms with van der Waals surface area (Å²) in [5, 5.41) is 2.02. The van der Waals surface area contributed by atoms with Crippen molar-refractivity contribution in [2.75, 3.05) is 5.73 Å². The van der Waals surface area contributed by atoms with Gasteiger partial charge >= 0.3 is 0 Å². The van der Waals surface area contributed by atoms with E-state index < -0.39 is 0 Å². The van der Waals surface area contributed by atoms with Gasteiger partial charge in [-0.05, 0) is 40.2 Å². The minimum Gasteiger partial charge on any atom is -0.384 e. The van der Waals surface area contributed by atoms with Crippen LogP contribution in [0.4, 0.5) is 5.82 Å². The van der Waals surface area contributed by atoms with Crippen LogP contribution < -0.4 is 5.73 Å². The van der Waals surface area contributed by atoms with E-state index in [2.05, 4.69) is 25.9 Å². The van der Waals surface area contributed by atoms with Crippen LogP contribution in [0, 0.1) is 0 Å². The number of nitrogen functional groups attached to an aromatic ring is 1. The van der Waals surface area contributed by atoms with Crippen LogP contribution in [0.15, 0.2) is 22.0 Å². The lowest BCUT2D eigenvalue weighted by molar-refractivity contribution is 1.00. The molecule has 5 heteroatoms. The molecule has 0 saturated heterocycles. The minimum absolute atomic E-state index is 0.562. The third-order valence-electron chi connectivity index (χ3n) is 2.58. The van der Waals surface area contributed by atoms with Gasteiger partial charge in [0.1, 0.15) is 5.82 Å². The quantitative estimate of drug-likeness (QED) is 0.923. The predicted molar refractivity (Wildman–Crippen MR) is 69.4 cm³/mol. The summed E-state index contributed by atoms with van der Waals surface area (Å²) in [6.07, 6.45) is 2.45. The van der Waals surface area contributed by atoms with E-state index in [-0.39, 0.29) is 0 Å². The molecule has 0 atom stereocenters. The van der Waals surface area contributed by atoms with Crippen molar-refractivity contribution in [1.29, 1.82) is 0 Å². The highest BCUT2D eigenvalue weighted by Gasteiger charge is 2.26. The van der Waals surface area contributed by atoms with Crippen LogP contribution >= 0.6 is 27.3 Å². The molecule has 2 heterocycles. The fraction of sp³-hybridized carbons (Fsp3) is 0.273. The van der Waals surface area contributed by atoms with Gasteiger partial charge in [-0.15, -0.1) is 11.3 Å². The van der Waals surface area contributed by atoms with E-state index in [4.69, 9.17) is 5.73 Å². The smallest absolute Gasteiger partial charge is 0.173 e. The van der Waals surface area contributed by atoms with Crippen LogP contribution in [0.5, 0.6) is 0 Å². The Morgan fingerprint density at radius 1 is 1.38 bits per heavy atom. The molecule has 0 radical (unpaired) electrons. The highest BCUT2D eigenvalue weighted by atomic mass is 79.9. The van der Waals surface area contributed by atoms with Gasteiger partial charge in [0.15, 0.2) is 5.82 Å². The number of halogens is 1. The third kappa shape index (κ3) is 1.85. The van der Waals surface area contributed by atoms with Crippen molar-refractivity contribution in [2.24, 2.45) is 0 Å². The third-order valence-corrected chi connectivity index (χ3v) is 4.42. The molecule has 0 spiro atoms. The van der Waals surface area contributed by atoms with Crippen molar-refractivity contribution in [3.63, 3.8) is 0 Å². The maximum atomic E-state index is 5.82. The SMILES string of the molecule is Nc1cc(C2CC2)nc(-c2sccc2Br)n1. The van der Waals surface area contributed by atoms with E-state index in [1.807, 2.05) is 17.5 Å². The fourth-order valence-electron chi connectivity index (χ4n) is 1.63. The van der Waals surface area contributed by atoms with Gasteiger partial charge in [-0.3, -0.25) is 0 Å². The molecule has 2 aromatic heterocycles. The first-order chi connectivity index (χ1) is 7.74. The predicted octanol–water partition coefficient (Wildman–Crippen LogP) is 3.43. The summed E-state index contributed by atoms with van der Waals surface area (Å²) in [6.45, 7) is 0. The second-order valence-electron chi connectivity index (χ2n) is 3.91. The number of thiophene rings is 1. The number of aromatic nitrogens is 2. The molecule has 3 nitrogen and oxygen atoms in total. The van der Waals surface area contributed by atoms with E-state index in [1.165, 1.54) is 12.8 Å². The standard InChI is InChI=1S/C11H10BrN3S/c12-7-3-4-16-10(7)11-14-8(6-1-2-6)5-9(13)15-11/h3-6H,1-2H2,(H2,13,14,15). The molecular formula is C11H10BrN3S. The first-order valence-corrected chi connectivity index (χ1v) is 6.79. The first kappa shape index (κ1) is 10.2. The number of rotatable bonds is 2. The lowest BCUT2D eigenvalue weighted by Gasteiger charge is -2.03. The van der Waals surface area contributed by atoms with Crippen molar-refractivity contribution >= 4 is 33.1 Å². The van der Waals surface area contributed by atoms with Crippen LogP contribution in [0.1, 0.15) is 24.5 Å². The normalized spacial score (nSPS) is 15.3. The van der Waals surface area contributed by atoms with E-state index in [9.17, 15) is 0 Å². The number of hydrogen-bond donors (Lipinski definition) is 1. The van der Waals surface area contributed by atoms with Gasteiger partial charge in [0.25, 0.3) is 0 Å². The van der Waals surface area contributed by atoms with Gasteiger partial charge in [-0.25, -0.2) is 9.97 Å². The summed E-state index contributed by atoms with van der Waals surface area (Å²) in [5.74, 6) is 1.90. The summed E-state index contributed by atoms with van der Waals surface area (Å²) in [5.41, 5.74) is 6.91. The van der Waals surface area contributed by atoms with Gasteiger partial charge < -0.3 is 5.73 Å². The lowest BCUT2D eigenvalue weighted by atomic mass is 10.2. The summed E-state index contributed by atoms with van der Waals surface area (Å²) in [6, 6.07) is 3.89. The monoisotopic (exact) mass is 295 g/mol. The molecule has 0 bridgehead atoms. The molecule has 1 aliphatic carbocycles. The molecular weight excluding hydrogens is 286 g/mol. The van der Waals surface area contributed by atoms with E-state index in [0.717, 1.165) is 20.9 Å². The molecule has 0 aromatic carbocycles. The Balaban J connectivity index is 2.10. The summed E-state index contributed by atoms with van der Waals surface area (Å²) >= 11 is 5.12. The second kappa shape index (κ2) is 3.82. The van der Waals surface area contributed by atoms with Crippen molar-refractivity contribution in [3.05, 3.63) is 27.7 Å². The summed E-state index contributed by atoms with van der Waals surface area (Å²) < 4.78 is 1.03. The Morgan fingerprint density at radius 2 is 2.19 bits per heavy atom. The van der Waals surface area contributed by atoms with Gasteiger partial charge in [-0.2, -0.15) is 0 Å². The minimum atomic E-state index is 0.562. The fourth-order valence-corrected chi connectivity index (χ4v) is 3.11. The summed E-state index contributed by atoms with van der Waals surface area (Å²) in [4.78, 5) is 9.93. The molecule has 1 saturated carbocycles. The Hall–Kier alpha value is -0.940. The van der Waals surface area contributed by atoms with Crippen LogP contribution in [-0.2, 0) is 0 Å². The first-order valence-electron chi connectivity index (χ1n) is 5.12. The Labute approximate surface area is 106 Å². The van der Waals surface area contributed by atoms with Gasteiger partial charge in [-0.1, -0.05) is 0 Å². The zero-order chi connectivity index (χ0) is 11.1. The van der Waals surface area contributed by atoms with Crippen LogP contribution in [0.25, 0.3) is 10.7 Å². The van der Waals surface area contributed by atoms with Crippen LogP contribution in [0.3, 0.4) is 0 Å². The number of nitrogens with two attached hydrogens (primary N) is 1. The van der Waals surface area contributed by atoms with Gasteiger partial charge in [0.05, 0.1) is 4.88 Å². The number of hydrogen-bond acceptors (Lipinski definition) is 4. The average Bonchev–Trinajstić information content (AvgIpc) is 3.01. The maximum absolute atomic E-state index is 5.82. The molecule has 0 unspecified atom stereocenters. The molecule has 1 aliphatic rings. The molecule has 2 N–H and O–H groups in total. The molecule has 16 heavy (non-hydrogen) atoms. The highest BCUT2D eigenvalue weighted by Crippen LogP contribution is 2.40. The van der Waals surface area contributed by atoms with Gasteiger partial charge in [0, 0.05) is 22.2 Å². The summed E-state index contributed by atoms with van der Waals surface area (Å²) in [7, 11) is 0. The number of anilines is 1. The molecule has 82 valence electrons. The van der Waals surface area contributed by atoms with Crippen LogP contribution in [-0.4, -0.2) is 9.97 Å². The zero-order valence-corrected chi connectivity index (χ0v) is 10.9. The molecule has 0 amide bonds. The topological polar surface area (TPSA) is 51.8 Å². The highest BCUT2D eigenvalue weighted by molar-refractivity contribution is 9.10. The Kier molecular flexibility index (Phi) is 2.44. The van der Waals surface area contributed by atoms with Crippen molar-refractivity contribution in [3.8, 4) is 10.7 Å². The van der Waals surface area contributed by atoms with Crippen molar-refractivity contribution in [2.45, 2.75) is 18.8 Å².